The molecule has 2 heterocycles. The number of carbonyl (C=O) groups excluding carboxylic acids is 1. The molecule has 0 aromatic carbocycles. The van der Waals surface area contributed by atoms with E-state index in [0.717, 1.165) is 6.42 Å². The fourth-order valence-electron chi connectivity index (χ4n) is 4.97. The van der Waals surface area contributed by atoms with Gasteiger partial charge in [0.05, 0.1) is 6.10 Å². The Bertz CT molecular complexity index is 439. The van der Waals surface area contributed by atoms with Crippen molar-refractivity contribution < 1.29 is 9.63 Å². The molecule has 3 rings (SSSR count). The van der Waals surface area contributed by atoms with Gasteiger partial charge in [-0.15, -0.1) is 0 Å². The molecule has 0 aromatic rings. The molecular formula is C17H30N2O2. The summed E-state index contributed by atoms with van der Waals surface area (Å²) in [6.07, 6.45) is 3.62. The van der Waals surface area contributed by atoms with Gasteiger partial charge in [0, 0.05) is 18.9 Å². The molecule has 21 heavy (non-hydrogen) atoms. The third-order valence-electron chi connectivity index (χ3n) is 6.33. The van der Waals surface area contributed by atoms with Crippen LogP contribution in [0.3, 0.4) is 0 Å². The monoisotopic (exact) mass is 294 g/mol. The van der Waals surface area contributed by atoms with Crippen molar-refractivity contribution >= 4 is 5.91 Å². The lowest BCUT2D eigenvalue weighted by atomic mass is 9.69. The van der Waals surface area contributed by atoms with E-state index < -0.39 is 0 Å². The number of nitrogens with zero attached hydrogens (tertiary/aromatic N) is 2. The molecule has 3 fully saturated rings. The maximum Gasteiger partial charge on any atom is 0.244 e. The number of hydrogen-bond donors (Lipinski definition) is 0. The maximum atomic E-state index is 12.9. The molecule has 0 aromatic heterocycles. The molecule has 0 N–H and O–H groups in total. The lowest BCUT2D eigenvalue weighted by Crippen LogP contribution is -2.61. The summed E-state index contributed by atoms with van der Waals surface area (Å²) in [4.78, 5) is 21.2. The summed E-state index contributed by atoms with van der Waals surface area (Å²) < 4.78 is 0. The molecule has 0 unspecified atom stereocenters. The summed E-state index contributed by atoms with van der Waals surface area (Å²) in [6.45, 7) is 11.1. The Morgan fingerprint density at radius 1 is 1.24 bits per heavy atom. The van der Waals surface area contributed by atoms with Gasteiger partial charge in [0.25, 0.3) is 0 Å². The first-order valence-electron chi connectivity index (χ1n) is 8.54. The zero-order valence-electron chi connectivity index (χ0n) is 14.3. The number of amides is 1. The summed E-state index contributed by atoms with van der Waals surface area (Å²) in [7, 11) is 1.99. The Balaban J connectivity index is 2.06. The molecule has 0 bridgehead atoms. The van der Waals surface area contributed by atoms with Crippen LogP contribution in [0.2, 0.25) is 0 Å². The normalized spacial score (nSPS) is 47.7. The van der Waals surface area contributed by atoms with Gasteiger partial charge in [-0.3, -0.25) is 9.63 Å². The Kier molecular flexibility index (Phi) is 3.61. The lowest BCUT2D eigenvalue weighted by molar-refractivity contribution is -0.261. The molecular weight excluding hydrogens is 264 g/mol. The molecule has 120 valence electrons. The zero-order chi connectivity index (χ0) is 15.5. The first-order chi connectivity index (χ1) is 9.80. The van der Waals surface area contributed by atoms with Gasteiger partial charge in [0.15, 0.2) is 0 Å². The molecule has 1 saturated carbocycles. The van der Waals surface area contributed by atoms with Crippen LogP contribution in [0.1, 0.15) is 53.9 Å². The third-order valence-corrected chi connectivity index (χ3v) is 6.33. The first-order valence-corrected chi connectivity index (χ1v) is 8.54. The van der Waals surface area contributed by atoms with Crippen LogP contribution in [-0.2, 0) is 9.63 Å². The molecule has 4 heteroatoms. The number of rotatable bonds is 1. The van der Waals surface area contributed by atoms with E-state index in [1.165, 1.54) is 12.8 Å². The van der Waals surface area contributed by atoms with Crippen LogP contribution < -0.4 is 0 Å². The molecule has 1 spiro atoms. The van der Waals surface area contributed by atoms with E-state index in [9.17, 15) is 4.79 Å². The highest BCUT2D eigenvalue weighted by Crippen LogP contribution is 2.53. The van der Waals surface area contributed by atoms with Crippen molar-refractivity contribution in [3.05, 3.63) is 0 Å². The molecule has 6 atom stereocenters. The Labute approximate surface area is 128 Å². The van der Waals surface area contributed by atoms with Gasteiger partial charge in [-0.1, -0.05) is 34.1 Å². The van der Waals surface area contributed by atoms with Crippen LogP contribution >= 0.6 is 0 Å². The smallest absolute Gasteiger partial charge is 0.244 e. The van der Waals surface area contributed by atoms with Crippen LogP contribution in [0.25, 0.3) is 0 Å². The van der Waals surface area contributed by atoms with Crippen molar-refractivity contribution in [2.75, 3.05) is 7.05 Å². The molecule has 4 nitrogen and oxygen atoms in total. The van der Waals surface area contributed by atoms with Gasteiger partial charge in [-0.25, -0.2) is 0 Å². The quantitative estimate of drug-likeness (QED) is 0.745. The largest absolute Gasteiger partial charge is 0.323 e. The van der Waals surface area contributed by atoms with E-state index in [-0.39, 0.29) is 29.6 Å². The summed E-state index contributed by atoms with van der Waals surface area (Å²) in [5.74, 6) is 2.21. The Morgan fingerprint density at radius 3 is 2.52 bits per heavy atom. The topological polar surface area (TPSA) is 32.8 Å². The van der Waals surface area contributed by atoms with Gasteiger partial charge < -0.3 is 4.90 Å². The second-order valence-electron chi connectivity index (χ2n) is 7.95. The standard InChI is InChI=1S/C17H30N2O2/c1-10(2)14-8-7-11(3)9-17(14)18(6)16(20)15-12(4)13(5)21-19(15)17/h10-15H,7-9H2,1-6H3/t11-,12-,13-,14+,15+,17+/m1/s1. The van der Waals surface area contributed by atoms with Gasteiger partial charge in [-0.2, -0.15) is 5.06 Å². The number of hydrogen-bond acceptors (Lipinski definition) is 3. The maximum absolute atomic E-state index is 12.9. The van der Waals surface area contributed by atoms with E-state index >= 15 is 0 Å². The Morgan fingerprint density at radius 2 is 1.90 bits per heavy atom. The van der Waals surface area contributed by atoms with Crippen molar-refractivity contribution in [1.82, 2.24) is 9.96 Å². The van der Waals surface area contributed by atoms with Crippen LogP contribution in [0.5, 0.6) is 0 Å². The van der Waals surface area contributed by atoms with Crippen molar-refractivity contribution in [2.45, 2.75) is 71.7 Å². The minimum atomic E-state index is -0.230. The Hall–Kier alpha value is -0.610. The minimum absolute atomic E-state index is 0.0865. The van der Waals surface area contributed by atoms with Crippen molar-refractivity contribution in [1.29, 1.82) is 0 Å². The second-order valence-corrected chi connectivity index (χ2v) is 7.95. The van der Waals surface area contributed by atoms with Crippen molar-refractivity contribution in [3.63, 3.8) is 0 Å². The predicted octanol–water partition coefficient (Wildman–Crippen LogP) is 2.89. The van der Waals surface area contributed by atoms with E-state index in [1.807, 2.05) is 11.9 Å². The zero-order valence-corrected chi connectivity index (χ0v) is 14.3. The predicted molar refractivity (Wildman–Crippen MR) is 82.2 cm³/mol. The van der Waals surface area contributed by atoms with E-state index in [0.29, 0.717) is 17.8 Å². The summed E-state index contributed by atoms with van der Waals surface area (Å²) in [5.41, 5.74) is -0.230. The molecule has 0 radical (unpaired) electrons. The number of carbonyl (C=O) groups is 1. The van der Waals surface area contributed by atoms with Crippen LogP contribution in [0, 0.1) is 23.7 Å². The fraction of sp³-hybridized carbons (Fsp3) is 0.941. The van der Waals surface area contributed by atoms with E-state index in [2.05, 4.69) is 39.7 Å². The van der Waals surface area contributed by atoms with Crippen LogP contribution in [0.4, 0.5) is 0 Å². The van der Waals surface area contributed by atoms with Gasteiger partial charge in [0.2, 0.25) is 5.91 Å². The average molecular weight is 294 g/mol. The van der Waals surface area contributed by atoms with Crippen molar-refractivity contribution in [3.8, 4) is 0 Å². The number of fused-ring (bicyclic) bond motifs is 2. The summed E-state index contributed by atoms with van der Waals surface area (Å²) in [6, 6.07) is -0.0865. The van der Waals surface area contributed by atoms with Crippen molar-refractivity contribution in [2.24, 2.45) is 23.7 Å². The highest BCUT2D eigenvalue weighted by atomic mass is 16.7. The number of likely N-dealkylation sites (N-methyl/N-ethyl adjacent to an activating group) is 1. The van der Waals surface area contributed by atoms with E-state index in [4.69, 9.17) is 4.84 Å². The molecule has 3 aliphatic rings. The van der Waals surface area contributed by atoms with Gasteiger partial charge in [0.1, 0.15) is 11.7 Å². The molecule has 2 saturated heterocycles. The SMILES string of the molecule is CC(C)[C@@H]1CC[C@@H](C)C[C@@]12N(C)C(=O)[C@@H]1[C@H](C)[C@@H](C)ON12. The first kappa shape index (κ1) is 15.3. The molecule has 1 amide bonds. The number of hydroxylamine groups is 2. The van der Waals surface area contributed by atoms with Crippen LogP contribution in [-0.4, -0.2) is 40.7 Å². The highest BCUT2D eigenvalue weighted by molar-refractivity contribution is 5.85. The average Bonchev–Trinajstić information content (AvgIpc) is 2.81. The van der Waals surface area contributed by atoms with Gasteiger partial charge in [-0.05, 0) is 31.6 Å². The summed E-state index contributed by atoms with van der Waals surface area (Å²) >= 11 is 0. The van der Waals surface area contributed by atoms with Gasteiger partial charge >= 0.3 is 0 Å². The molecule has 2 aliphatic heterocycles. The highest BCUT2D eigenvalue weighted by Gasteiger charge is 2.66. The lowest BCUT2D eigenvalue weighted by Gasteiger charge is -2.52. The minimum Gasteiger partial charge on any atom is -0.323 e. The fourth-order valence-corrected chi connectivity index (χ4v) is 4.97. The molecule has 1 aliphatic carbocycles. The third kappa shape index (κ3) is 1.91. The summed E-state index contributed by atoms with van der Waals surface area (Å²) in [5, 5.41) is 2.12. The van der Waals surface area contributed by atoms with Crippen LogP contribution in [0.15, 0.2) is 0 Å². The second kappa shape index (κ2) is 4.95. The van der Waals surface area contributed by atoms with E-state index in [1.54, 1.807) is 0 Å².